The normalized spacial score (nSPS) is 40.7. The standard InChI is InChI=1S/C21H25NO.B/c1-14-12-22-13-21(23,19-11-10-17(14)20(19,22)2)18-9-5-7-15-6-3-4-8-16(15)18;/h3-9,14,17,19,23H,10-13H2,1-2H3;/t14-,17+,19+,20-,21+;/m1./s1. The lowest BCUT2D eigenvalue weighted by Gasteiger charge is -2.35. The first-order valence-electron chi connectivity index (χ1n) is 9.01. The van der Waals surface area contributed by atoms with Gasteiger partial charge in [-0.3, -0.25) is 4.90 Å². The number of β-amino-alcohol motifs (C(OH)–C–C–N with tert-alkyl or cyclic N) is 1. The minimum Gasteiger partial charge on any atom is -0.383 e. The molecule has 5 atom stereocenters. The molecular formula is C21H25BNO. The molecule has 2 aromatic carbocycles. The van der Waals surface area contributed by atoms with E-state index in [1.54, 1.807) is 0 Å². The van der Waals surface area contributed by atoms with Crippen LogP contribution < -0.4 is 0 Å². The highest BCUT2D eigenvalue weighted by Gasteiger charge is 2.68. The van der Waals surface area contributed by atoms with E-state index in [9.17, 15) is 5.11 Å². The first-order valence-corrected chi connectivity index (χ1v) is 9.01. The zero-order valence-corrected chi connectivity index (χ0v) is 14.6. The van der Waals surface area contributed by atoms with E-state index in [4.69, 9.17) is 0 Å². The van der Waals surface area contributed by atoms with Gasteiger partial charge in [0.2, 0.25) is 0 Å². The number of aliphatic hydroxyl groups is 1. The summed E-state index contributed by atoms with van der Waals surface area (Å²) in [5, 5.41) is 14.3. The molecule has 0 bridgehead atoms. The van der Waals surface area contributed by atoms with Crippen LogP contribution in [-0.2, 0) is 5.60 Å². The van der Waals surface area contributed by atoms with Gasteiger partial charge in [-0.05, 0) is 47.9 Å². The summed E-state index contributed by atoms with van der Waals surface area (Å²) in [6.45, 7) is 6.75. The van der Waals surface area contributed by atoms with Gasteiger partial charge in [-0.15, -0.1) is 0 Å². The largest absolute Gasteiger partial charge is 0.383 e. The zero-order chi connectivity index (χ0) is 15.8. The van der Waals surface area contributed by atoms with Gasteiger partial charge in [-0.1, -0.05) is 49.4 Å². The van der Waals surface area contributed by atoms with E-state index >= 15 is 0 Å². The summed E-state index contributed by atoms with van der Waals surface area (Å²) in [4.78, 5) is 2.60. The van der Waals surface area contributed by atoms with Crippen LogP contribution in [-0.4, -0.2) is 37.0 Å². The summed E-state index contributed by atoms with van der Waals surface area (Å²) in [6.07, 6.45) is 2.42. The smallest absolute Gasteiger partial charge is 0.107 e. The molecule has 1 aliphatic carbocycles. The lowest BCUT2D eigenvalue weighted by molar-refractivity contribution is -0.000350. The molecule has 0 unspecified atom stereocenters. The maximum absolute atomic E-state index is 11.9. The van der Waals surface area contributed by atoms with Crippen molar-refractivity contribution < 1.29 is 5.11 Å². The summed E-state index contributed by atoms with van der Waals surface area (Å²) < 4.78 is 0. The fraction of sp³-hybridized carbons (Fsp3) is 0.524. The quantitative estimate of drug-likeness (QED) is 0.815. The van der Waals surface area contributed by atoms with E-state index in [0.717, 1.165) is 36.9 Å². The second-order valence-electron chi connectivity index (χ2n) is 8.27. The molecule has 5 rings (SSSR count). The fourth-order valence-electron chi connectivity index (χ4n) is 6.41. The fourth-order valence-corrected chi connectivity index (χ4v) is 6.41. The maximum atomic E-state index is 11.9. The van der Waals surface area contributed by atoms with E-state index in [1.165, 1.54) is 17.2 Å². The number of benzene rings is 2. The molecule has 0 amide bonds. The van der Waals surface area contributed by atoms with Crippen molar-refractivity contribution >= 4 is 19.2 Å². The Morgan fingerprint density at radius 1 is 1.08 bits per heavy atom. The Labute approximate surface area is 146 Å². The molecule has 2 nitrogen and oxygen atoms in total. The third-order valence-electron chi connectivity index (χ3n) is 7.36. The van der Waals surface area contributed by atoms with Crippen LogP contribution in [0.3, 0.4) is 0 Å². The summed E-state index contributed by atoms with van der Waals surface area (Å²) >= 11 is 0. The third kappa shape index (κ3) is 1.75. The molecule has 3 aliphatic rings. The average Bonchev–Trinajstić information content (AvgIpc) is 3.10. The molecule has 3 fully saturated rings. The molecule has 2 aromatic rings. The molecule has 123 valence electrons. The summed E-state index contributed by atoms with van der Waals surface area (Å²) in [5.41, 5.74) is 0.625. The van der Waals surface area contributed by atoms with Crippen LogP contribution >= 0.6 is 0 Å². The lowest BCUT2D eigenvalue weighted by atomic mass is 9.73. The van der Waals surface area contributed by atoms with Crippen LogP contribution in [0.2, 0.25) is 0 Å². The molecule has 2 aliphatic heterocycles. The van der Waals surface area contributed by atoms with E-state index in [2.05, 4.69) is 61.2 Å². The monoisotopic (exact) mass is 318 g/mol. The van der Waals surface area contributed by atoms with Gasteiger partial charge in [0.25, 0.3) is 0 Å². The van der Waals surface area contributed by atoms with Crippen LogP contribution in [0.1, 0.15) is 32.3 Å². The molecule has 1 N–H and O–H groups in total. The number of nitrogens with zero attached hydrogens (tertiary/aromatic N) is 1. The van der Waals surface area contributed by atoms with Crippen molar-refractivity contribution in [3.63, 3.8) is 0 Å². The van der Waals surface area contributed by atoms with Gasteiger partial charge < -0.3 is 5.11 Å². The van der Waals surface area contributed by atoms with E-state index < -0.39 is 5.60 Å². The third-order valence-corrected chi connectivity index (χ3v) is 7.36. The summed E-state index contributed by atoms with van der Waals surface area (Å²) in [6, 6.07) is 14.9. The Bertz CT molecular complexity index is 787. The Kier molecular flexibility index (Phi) is 3.43. The predicted octanol–water partition coefficient (Wildman–Crippen LogP) is 3.40. The van der Waals surface area contributed by atoms with Crippen molar-refractivity contribution in [2.24, 2.45) is 17.8 Å². The van der Waals surface area contributed by atoms with Gasteiger partial charge in [-0.25, -0.2) is 0 Å². The van der Waals surface area contributed by atoms with Crippen LogP contribution in [0.25, 0.3) is 10.8 Å². The summed E-state index contributed by atoms with van der Waals surface area (Å²) in [7, 11) is 0. The SMILES string of the molecule is C[C@@H]1CN2C[C@](O)(c3cccc4ccccc34)[C@H]3CC[C@@H]1[C@]32C.[B]. The second-order valence-corrected chi connectivity index (χ2v) is 8.27. The van der Waals surface area contributed by atoms with Crippen LogP contribution in [0.4, 0.5) is 0 Å². The van der Waals surface area contributed by atoms with E-state index in [1.807, 2.05) is 0 Å². The van der Waals surface area contributed by atoms with Gasteiger partial charge in [0.1, 0.15) is 5.60 Å². The number of rotatable bonds is 1. The van der Waals surface area contributed by atoms with E-state index in [-0.39, 0.29) is 14.0 Å². The first kappa shape index (κ1) is 16.2. The molecule has 2 saturated heterocycles. The Morgan fingerprint density at radius 2 is 1.83 bits per heavy atom. The molecule has 1 saturated carbocycles. The van der Waals surface area contributed by atoms with Gasteiger partial charge in [0, 0.05) is 33.0 Å². The molecule has 24 heavy (non-hydrogen) atoms. The highest BCUT2D eigenvalue weighted by molar-refractivity contribution is 5.86. The molecule has 0 aromatic heterocycles. The zero-order valence-electron chi connectivity index (χ0n) is 14.6. The van der Waals surface area contributed by atoms with Gasteiger partial charge >= 0.3 is 0 Å². The van der Waals surface area contributed by atoms with Gasteiger partial charge in [-0.2, -0.15) is 0 Å². The number of fused-ring (bicyclic) bond motifs is 1. The Hall–Kier alpha value is -1.32. The highest BCUT2D eigenvalue weighted by atomic mass is 16.3. The van der Waals surface area contributed by atoms with E-state index in [0.29, 0.717) is 5.92 Å². The second kappa shape index (κ2) is 5.09. The molecule has 3 heteroatoms. The van der Waals surface area contributed by atoms with Crippen LogP contribution in [0.15, 0.2) is 42.5 Å². The van der Waals surface area contributed by atoms with Crippen LogP contribution in [0.5, 0.6) is 0 Å². The molecular weight excluding hydrogens is 293 g/mol. The van der Waals surface area contributed by atoms with Crippen LogP contribution in [0, 0.1) is 17.8 Å². The van der Waals surface area contributed by atoms with Gasteiger partial charge in [0.15, 0.2) is 0 Å². The Morgan fingerprint density at radius 3 is 2.67 bits per heavy atom. The van der Waals surface area contributed by atoms with Crippen molar-refractivity contribution in [1.29, 1.82) is 0 Å². The average molecular weight is 318 g/mol. The minimum absolute atomic E-state index is 0. The van der Waals surface area contributed by atoms with Crippen molar-refractivity contribution in [3.05, 3.63) is 48.0 Å². The lowest BCUT2D eigenvalue weighted by Crippen LogP contribution is -2.42. The maximum Gasteiger partial charge on any atom is 0.107 e. The van der Waals surface area contributed by atoms with Crippen molar-refractivity contribution in [3.8, 4) is 0 Å². The van der Waals surface area contributed by atoms with Crippen molar-refractivity contribution in [2.75, 3.05) is 13.1 Å². The highest BCUT2D eigenvalue weighted by Crippen LogP contribution is 2.63. The number of hydrogen-bond donors (Lipinski definition) is 1. The molecule has 0 spiro atoms. The van der Waals surface area contributed by atoms with Crippen molar-refractivity contribution in [2.45, 2.75) is 37.8 Å². The summed E-state index contributed by atoms with van der Waals surface area (Å²) in [5.74, 6) is 1.87. The Balaban J connectivity index is 0.00000146. The topological polar surface area (TPSA) is 23.5 Å². The van der Waals surface area contributed by atoms with Gasteiger partial charge in [0.05, 0.1) is 0 Å². The first-order chi connectivity index (χ1) is 11.0. The van der Waals surface area contributed by atoms with Crippen molar-refractivity contribution in [1.82, 2.24) is 4.90 Å². The molecule has 2 heterocycles. The minimum atomic E-state index is -0.704. The number of hydrogen-bond acceptors (Lipinski definition) is 2. The molecule has 3 radical (unpaired) electrons. The predicted molar refractivity (Wildman–Crippen MR) is 99.0 cm³/mol.